The maximum atomic E-state index is 10.8. The number of fused-ring (bicyclic) bond motifs is 1. The molecule has 3 nitrogen and oxygen atoms in total. The molecular weight excluding hydrogens is 180 g/mol. The van der Waals surface area contributed by atoms with E-state index in [1.165, 1.54) is 6.92 Å². The summed E-state index contributed by atoms with van der Waals surface area (Å²) in [5.74, 6) is -1.77. The van der Waals surface area contributed by atoms with E-state index in [9.17, 15) is 9.90 Å². The fraction of sp³-hybridized carbons (Fsp3) is 0.364. The van der Waals surface area contributed by atoms with Gasteiger partial charge in [-0.1, -0.05) is 24.3 Å². The van der Waals surface area contributed by atoms with Gasteiger partial charge in [0.05, 0.1) is 0 Å². The predicted octanol–water partition coefficient (Wildman–Crippen LogP) is 1.04. The maximum Gasteiger partial charge on any atom is 0.305 e. The van der Waals surface area contributed by atoms with Crippen molar-refractivity contribution in [3.63, 3.8) is 0 Å². The van der Waals surface area contributed by atoms with Crippen molar-refractivity contribution in [3.05, 3.63) is 35.4 Å². The van der Waals surface area contributed by atoms with Gasteiger partial charge in [0, 0.05) is 19.8 Å². The first-order valence-electron chi connectivity index (χ1n) is 4.58. The highest BCUT2D eigenvalue weighted by atomic mass is 16.7. The Morgan fingerprint density at radius 3 is 2.29 bits per heavy atom. The highest BCUT2D eigenvalue weighted by Crippen LogP contribution is 2.30. The van der Waals surface area contributed by atoms with Gasteiger partial charge in [-0.3, -0.25) is 4.79 Å². The minimum Gasteiger partial charge on any atom is -0.433 e. The number of benzene rings is 1. The Labute approximate surface area is 82.3 Å². The zero-order valence-electron chi connectivity index (χ0n) is 7.99. The number of ether oxygens (including phenoxy) is 1. The van der Waals surface area contributed by atoms with Crippen molar-refractivity contribution in [2.45, 2.75) is 25.6 Å². The third-order valence-corrected chi connectivity index (χ3v) is 2.39. The summed E-state index contributed by atoms with van der Waals surface area (Å²) in [4.78, 5) is 10.8. The summed E-state index contributed by atoms with van der Waals surface area (Å²) in [6.45, 7) is 1.31. The summed E-state index contributed by atoms with van der Waals surface area (Å²) in [6, 6.07) is 7.71. The molecule has 1 aliphatic rings. The molecule has 0 heterocycles. The average Bonchev–Trinajstić information content (AvgIpc) is 2.38. The zero-order chi connectivity index (χ0) is 10.2. The highest BCUT2D eigenvalue weighted by Gasteiger charge is 2.37. The summed E-state index contributed by atoms with van der Waals surface area (Å²) in [7, 11) is 0. The van der Waals surface area contributed by atoms with Gasteiger partial charge in [0.2, 0.25) is 5.79 Å². The van der Waals surface area contributed by atoms with Crippen molar-refractivity contribution in [1.29, 1.82) is 0 Å². The van der Waals surface area contributed by atoms with E-state index in [0.717, 1.165) is 11.1 Å². The molecule has 0 saturated carbocycles. The van der Waals surface area contributed by atoms with E-state index in [1.54, 1.807) is 0 Å². The Morgan fingerprint density at radius 1 is 1.36 bits per heavy atom. The smallest absolute Gasteiger partial charge is 0.305 e. The molecule has 74 valence electrons. The Bertz CT molecular complexity index is 346. The van der Waals surface area contributed by atoms with Gasteiger partial charge in [-0.2, -0.15) is 0 Å². The Hall–Kier alpha value is -1.35. The fourth-order valence-corrected chi connectivity index (χ4v) is 1.90. The van der Waals surface area contributed by atoms with Crippen molar-refractivity contribution >= 4 is 5.97 Å². The van der Waals surface area contributed by atoms with Gasteiger partial charge in [-0.05, 0) is 11.1 Å². The van der Waals surface area contributed by atoms with Crippen molar-refractivity contribution < 1.29 is 14.6 Å². The zero-order valence-corrected chi connectivity index (χ0v) is 7.99. The van der Waals surface area contributed by atoms with Crippen molar-refractivity contribution in [3.8, 4) is 0 Å². The lowest BCUT2D eigenvalue weighted by molar-refractivity contribution is -0.202. The van der Waals surface area contributed by atoms with E-state index in [2.05, 4.69) is 0 Å². The first-order valence-corrected chi connectivity index (χ1v) is 4.58. The molecule has 14 heavy (non-hydrogen) atoms. The van der Waals surface area contributed by atoms with Crippen molar-refractivity contribution in [1.82, 2.24) is 0 Å². The van der Waals surface area contributed by atoms with E-state index in [4.69, 9.17) is 4.74 Å². The summed E-state index contributed by atoms with van der Waals surface area (Å²) >= 11 is 0. The van der Waals surface area contributed by atoms with Gasteiger partial charge in [-0.15, -0.1) is 0 Å². The molecule has 1 aliphatic carbocycles. The fourth-order valence-electron chi connectivity index (χ4n) is 1.90. The number of esters is 1. The van der Waals surface area contributed by atoms with Gasteiger partial charge in [0.25, 0.3) is 0 Å². The van der Waals surface area contributed by atoms with Gasteiger partial charge in [0.1, 0.15) is 0 Å². The van der Waals surface area contributed by atoms with E-state index in [-0.39, 0.29) is 0 Å². The van der Waals surface area contributed by atoms with Crippen LogP contribution in [0, 0.1) is 0 Å². The topological polar surface area (TPSA) is 46.5 Å². The molecule has 1 aromatic rings. The minimum atomic E-state index is -1.32. The highest BCUT2D eigenvalue weighted by molar-refractivity contribution is 5.66. The van der Waals surface area contributed by atoms with E-state index in [1.807, 2.05) is 24.3 Å². The van der Waals surface area contributed by atoms with Gasteiger partial charge in [0.15, 0.2) is 0 Å². The largest absolute Gasteiger partial charge is 0.433 e. The van der Waals surface area contributed by atoms with E-state index >= 15 is 0 Å². The standard InChI is InChI=1S/C11H12O3/c1-8(12)14-11(13)6-9-4-2-3-5-10(9)7-11/h2-5,13H,6-7H2,1H3. The molecule has 1 aromatic carbocycles. The van der Waals surface area contributed by atoms with E-state index < -0.39 is 11.8 Å². The Morgan fingerprint density at radius 2 is 1.86 bits per heavy atom. The van der Waals surface area contributed by atoms with Crippen molar-refractivity contribution in [2.24, 2.45) is 0 Å². The molecule has 0 fully saturated rings. The van der Waals surface area contributed by atoms with Crippen LogP contribution in [0.5, 0.6) is 0 Å². The van der Waals surface area contributed by atoms with Crippen LogP contribution in [0.15, 0.2) is 24.3 Å². The summed E-state index contributed by atoms with van der Waals surface area (Å²) in [5.41, 5.74) is 2.10. The van der Waals surface area contributed by atoms with Crippen LogP contribution < -0.4 is 0 Å². The van der Waals surface area contributed by atoms with E-state index in [0.29, 0.717) is 12.8 Å². The van der Waals surface area contributed by atoms with Crippen LogP contribution in [-0.2, 0) is 22.4 Å². The lowest BCUT2D eigenvalue weighted by Crippen LogP contribution is -2.34. The van der Waals surface area contributed by atoms with Crippen LogP contribution in [0.4, 0.5) is 0 Å². The molecular formula is C11H12O3. The first kappa shape index (κ1) is 9.21. The summed E-state index contributed by atoms with van der Waals surface area (Å²) < 4.78 is 4.90. The van der Waals surface area contributed by atoms with Gasteiger partial charge < -0.3 is 9.84 Å². The molecule has 0 radical (unpaired) electrons. The normalized spacial score (nSPS) is 17.6. The molecule has 0 aromatic heterocycles. The lowest BCUT2D eigenvalue weighted by atomic mass is 10.1. The van der Waals surface area contributed by atoms with Crippen LogP contribution in [0.3, 0.4) is 0 Å². The SMILES string of the molecule is CC(=O)OC1(O)Cc2ccccc2C1. The second-order valence-corrected chi connectivity index (χ2v) is 3.66. The Kier molecular flexibility index (Phi) is 2.04. The van der Waals surface area contributed by atoms with Crippen LogP contribution in [0.1, 0.15) is 18.1 Å². The van der Waals surface area contributed by atoms with Crippen molar-refractivity contribution in [2.75, 3.05) is 0 Å². The summed E-state index contributed by atoms with van der Waals surface area (Å²) in [6.07, 6.45) is 0.783. The monoisotopic (exact) mass is 192 g/mol. The molecule has 1 N–H and O–H groups in total. The number of rotatable bonds is 1. The van der Waals surface area contributed by atoms with Crippen LogP contribution in [-0.4, -0.2) is 16.9 Å². The second kappa shape index (κ2) is 3.10. The number of carbonyl (C=O) groups excluding carboxylic acids is 1. The van der Waals surface area contributed by atoms with Gasteiger partial charge in [-0.25, -0.2) is 0 Å². The third kappa shape index (κ3) is 1.63. The molecule has 0 unspecified atom stereocenters. The molecule has 0 saturated heterocycles. The first-order chi connectivity index (χ1) is 6.59. The summed E-state index contributed by atoms with van der Waals surface area (Å²) in [5, 5.41) is 9.94. The number of carbonyl (C=O) groups is 1. The third-order valence-electron chi connectivity index (χ3n) is 2.39. The second-order valence-electron chi connectivity index (χ2n) is 3.66. The molecule has 0 amide bonds. The van der Waals surface area contributed by atoms with Crippen LogP contribution in [0.25, 0.3) is 0 Å². The maximum absolute atomic E-state index is 10.8. The molecule has 0 atom stereocenters. The molecule has 0 aliphatic heterocycles. The Balaban J connectivity index is 2.21. The molecule has 3 heteroatoms. The predicted molar refractivity (Wildman–Crippen MR) is 50.6 cm³/mol. The number of hydrogen-bond acceptors (Lipinski definition) is 3. The molecule has 2 rings (SSSR count). The lowest BCUT2D eigenvalue weighted by Gasteiger charge is -2.21. The van der Waals surface area contributed by atoms with Crippen LogP contribution in [0.2, 0.25) is 0 Å². The number of hydrogen-bond donors (Lipinski definition) is 1. The number of aliphatic hydroxyl groups is 1. The van der Waals surface area contributed by atoms with Crippen LogP contribution >= 0.6 is 0 Å². The molecule has 0 bridgehead atoms. The average molecular weight is 192 g/mol. The van der Waals surface area contributed by atoms with Gasteiger partial charge >= 0.3 is 5.97 Å². The molecule has 0 spiro atoms. The minimum absolute atomic E-state index is 0.392. The quantitative estimate of drug-likeness (QED) is 0.534.